The van der Waals surface area contributed by atoms with Crippen LogP contribution in [0, 0.1) is 11.3 Å². The topological polar surface area (TPSA) is 108 Å². The Labute approximate surface area is 137 Å². The van der Waals surface area contributed by atoms with Gasteiger partial charge in [0.25, 0.3) is 5.91 Å². The maximum atomic E-state index is 12.1. The summed E-state index contributed by atoms with van der Waals surface area (Å²) in [4.78, 5) is 25.2. The number of hydrogen-bond acceptors (Lipinski definition) is 6. The van der Waals surface area contributed by atoms with Gasteiger partial charge in [-0.15, -0.1) is 0 Å². The van der Waals surface area contributed by atoms with E-state index in [1.165, 1.54) is 16.3 Å². The zero-order valence-corrected chi connectivity index (χ0v) is 14.3. The summed E-state index contributed by atoms with van der Waals surface area (Å²) in [6.45, 7) is 1.88. The third kappa shape index (κ3) is 5.48. The van der Waals surface area contributed by atoms with Crippen molar-refractivity contribution < 1.29 is 22.7 Å². The zero-order valence-electron chi connectivity index (χ0n) is 13.5. The zero-order chi connectivity index (χ0) is 17.5. The van der Waals surface area contributed by atoms with Crippen molar-refractivity contribution in [3.8, 4) is 6.07 Å². The lowest BCUT2D eigenvalue weighted by Crippen LogP contribution is -2.43. The summed E-state index contributed by atoms with van der Waals surface area (Å²) in [7, 11) is -1.96. The molecule has 0 radical (unpaired) electrons. The molecule has 1 heterocycles. The number of esters is 1. The van der Waals surface area contributed by atoms with Crippen LogP contribution in [-0.2, 0) is 24.3 Å². The summed E-state index contributed by atoms with van der Waals surface area (Å²) >= 11 is 0. The first-order chi connectivity index (χ1) is 10.8. The fourth-order valence-electron chi connectivity index (χ4n) is 2.37. The Hall–Kier alpha value is -1.66. The molecule has 9 heteroatoms. The summed E-state index contributed by atoms with van der Waals surface area (Å²) in [6.07, 6.45) is 1.67. The highest BCUT2D eigenvalue weighted by Crippen LogP contribution is 2.22. The van der Waals surface area contributed by atoms with Gasteiger partial charge in [0.2, 0.25) is 10.0 Å². The van der Waals surface area contributed by atoms with Crippen LogP contribution in [0.4, 0.5) is 0 Å². The molecule has 1 fully saturated rings. The molecule has 0 saturated carbocycles. The van der Waals surface area contributed by atoms with Crippen LogP contribution in [0.15, 0.2) is 0 Å². The predicted octanol–water partition coefficient (Wildman–Crippen LogP) is 0.106. The normalized spacial score (nSPS) is 18.4. The summed E-state index contributed by atoms with van der Waals surface area (Å²) in [6, 6.07) is 1.08. The predicted molar refractivity (Wildman–Crippen MR) is 82.6 cm³/mol. The molecule has 0 aliphatic carbocycles. The van der Waals surface area contributed by atoms with Gasteiger partial charge in [0.15, 0.2) is 6.61 Å². The van der Waals surface area contributed by atoms with Crippen molar-refractivity contribution in [2.24, 2.45) is 0 Å². The van der Waals surface area contributed by atoms with E-state index in [9.17, 15) is 18.0 Å². The van der Waals surface area contributed by atoms with Gasteiger partial charge in [0, 0.05) is 20.1 Å². The summed E-state index contributed by atoms with van der Waals surface area (Å²) in [5.41, 5.74) is 0. The monoisotopic (exact) mass is 345 g/mol. The van der Waals surface area contributed by atoms with E-state index in [2.05, 4.69) is 0 Å². The smallest absolute Gasteiger partial charge is 0.324 e. The van der Waals surface area contributed by atoms with Crippen LogP contribution in [0.1, 0.15) is 32.6 Å². The highest BCUT2D eigenvalue weighted by Gasteiger charge is 2.39. The van der Waals surface area contributed by atoms with Crippen molar-refractivity contribution in [1.82, 2.24) is 9.21 Å². The summed E-state index contributed by atoms with van der Waals surface area (Å²) in [5, 5.41) is 8.47. The fraction of sp³-hybridized carbons (Fsp3) is 0.786. The van der Waals surface area contributed by atoms with E-state index in [1.807, 2.05) is 6.07 Å². The molecule has 1 aliphatic rings. The van der Waals surface area contributed by atoms with Crippen LogP contribution < -0.4 is 0 Å². The molecule has 1 aliphatic heterocycles. The Morgan fingerprint density at radius 3 is 2.74 bits per heavy atom. The lowest BCUT2D eigenvalue weighted by Gasteiger charge is -2.23. The van der Waals surface area contributed by atoms with Gasteiger partial charge in [-0.3, -0.25) is 9.59 Å². The van der Waals surface area contributed by atoms with Crippen LogP contribution >= 0.6 is 0 Å². The molecule has 0 bridgehead atoms. The van der Waals surface area contributed by atoms with E-state index < -0.39 is 34.5 Å². The van der Waals surface area contributed by atoms with Gasteiger partial charge in [-0.25, -0.2) is 8.42 Å². The molecule has 0 aromatic heterocycles. The first-order valence-electron chi connectivity index (χ1n) is 7.60. The number of carbonyl (C=O) groups excluding carboxylic acids is 2. The average molecular weight is 345 g/mol. The Morgan fingerprint density at radius 2 is 2.13 bits per heavy atom. The van der Waals surface area contributed by atoms with E-state index in [-0.39, 0.29) is 18.7 Å². The standard InChI is InChI=1S/C14H23N3O5S/c1-3-10-23(20,21)17-9-4-6-12(17)14(19)22-11-13(18)16(2)8-5-7-15/h12H,3-6,8-11H2,1-2H3. The minimum Gasteiger partial charge on any atom is -0.454 e. The van der Waals surface area contributed by atoms with Crippen molar-refractivity contribution in [2.45, 2.75) is 38.6 Å². The van der Waals surface area contributed by atoms with Crippen LogP contribution in [0.2, 0.25) is 0 Å². The molecule has 0 N–H and O–H groups in total. The molecule has 1 amide bonds. The van der Waals surface area contributed by atoms with Gasteiger partial charge in [-0.05, 0) is 19.3 Å². The molecule has 23 heavy (non-hydrogen) atoms. The highest BCUT2D eigenvalue weighted by atomic mass is 32.2. The van der Waals surface area contributed by atoms with Crippen molar-refractivity contribution in [3.05, 3.63) is 0 Å². The number of amides is 1. The number of carbonyl (C=O) groups is 2. The number of likely N-dealkylation sites (N-methyl/N-ethyl adjacent to an activating group) is 1. The Bertz CT molecular complexity index is 569. The van der Waals surface area contributed by atoms with Crippen LogP contribution in [0.25, 0.3) is 0 Å². The molecule has 8 nitrogen and oxygen atoms in total. The minimum atomic E-state index is -3.47. The van der Waals surface area contributed by atoms with Crippen LogP contribution in [-0.4, -0.2) is 68.0 Å². The highest BCUT2D eigenvalue weighted by molar-refractivity contribution is 7.89. The lowest BCUT2D eigenvalue weighted by atomic mass is 10.2. The molecular weight excluding hydrogens is 322 g/mol. The number of sulfonamides is 1. The van der Waals surface area contributed by atoms with Crippen molar-refractivity contribution in [2.75, 3.05) is 32.5 Å². The van der Waals surface area contributed by atoms with Gasteiger partial charge >= 0.3 is 5.97 Å². The van der Waals surface area contributed by atoms with Crippen LogP contribution in [0.5, 0.6) is 0 Å². The van der Waals surface area contributed by atoms with Crippen molar-refractivity contribution in [3.63, 3.8) is 0 Å². The van der Waals surface area contributed by atoms with E-state index in [4.69, 9.17) is 10.00 Å². The quantitative estimate of drug-likeness (QED) is 0.578. The molecule has 130 valence electrons. The maximum Gasteiger partial charge on any atom is 0.324 e. The first kappa shape index (κ1) is 19.4. The molecular formula is C14H23N3O5S. The average Bonchev–Trinajstić information content (AvgIpc) is 3.00. The molecule has 1 atom stereocenters. The first-order valence-corrected chi connectivity index (χ1v) is 9.21. The molecule has 1 rings (SSSR count). The van der Waals surface area contributed by atoms with E-state index in [0.717, 1.165) is 0 Å². The maximum absolute atomic E-state index is 12.1. The summed E-state index contributed by atoms with van der Waals surface area (Å²) in [5.74, 6) is -1.12. The van der Waals surface area contributed by atoms with Crippen molar-refractivity contribution >= 4 is 21.9 Å². The second-order valence-corrected chi connectivity index (χ2v) is 7.46. The Kier molecular flexibility index (Phi) is 7.45. The number of rotatable bonds is 8. The number of ether oxygens (including phenoxy) is 1. The minimum absolute atomic E-state index is 0.00733. The number of nitrogens with zero attached hydrogens (tertiary/aromatic N) is 3. The second kappa shape index (κ2) is 8.84. The second-order valence-electron chi connectivity index (χ2n) is 5.42. The van der Waals surface area contributed by atoms with E-state index in [1.54, 1.807) is 6.92 Å². The van der Waals surface area contributed by atoms with E-state index in [0.29, 0.717) is 25.8 Å². The van der Waals surface area contributed by atoms with Crippen LogP contribution in [0.3, 0.4) is 0 Å². The molecule has 0 aromatic carbocycles. The van der Waals surface area contributed by atoms with Gasteiger partial charge < -0.3 is 9.64 Å². The lowest BCUT2D eigenvalue weighted by molar-refractivity contribution is -0.154. The number of nitriles is 1. The van der Waals surface area contributed by atoms with Gasteiger partial charge in [-0.2, -0.15) is 9.57 Å². The summed E-state index contributed by atoms with van der Waals surface area (Å²) < 4.78 is 30.4. The number of hydrogen-bond donors (Lipinski definition) is 0. The van der Waals surface area contributed by atoms with Crippen molar-refractivity contribution in [1.29, 1.82) is 5.26 Å². The Morgan fingerprint density at radius 1 is 1.43 bits per heavy atom. The fourth-order valence-corrected chi connectivity index (χ4v) is 4.10. The SMILES string of the molecule is CCCS(=O)(=O)N1CCCC1C(=O)OCC(=O)N(C)CCC#N. The molecule has 1 saturated heterocycles. The molecule has 0 spiro atoms. The molecule has 0 aromatic rings. The van der Waals surface area contributed by atoms with Gasteiger partial charge in [-0.1, -0.05) is 6.92 Å². The largest absolute Gasteiger partial charge is 0.454 e. The van der Waals surface area contributed by atoms with E-state index >= 15 is 0 Å². The molecule has 1 unspecified atom stereocenters. The van der Waals surface area contributed by atoms with Gasteiger partial charge in [0.1, 0.15) is 6.04 Å². The Balaban J connectivity index is 2.57. The van der Waals surface area contributed by atoms with Gasteiger partial charge in [0.05, 0.1) is 18.2 Å². The third-order valence-corrected chi connectivity index (χ3v) is 5.69. The third-order valence-electron chi connectivity index (χ3n) is 3.62.